The second-order valence-electron chi connectivity index (χ2n) is 4.94. The zero-order chi connectivity index (χ0) is 11.6. The van der Waals surface area contributed by atoms with Crippen molar-refractivity contribution in [2.45, 2.75) is 31.7 Å². The Kier molecular flexibility index (Phi) is 3.41. The molecule has 2 nitrogen and oxygen atoms in total. The standard InChI is InChI=1S/C13H19ClN2/c1-10-6-7-13(8-10,9-15)16-12-5-3-2-4-11(12)14/h2-5,10,16H,6-9,15H2,1H3. The topological polar surface area (TPSA) is 38.0 Å². The molecule has 0 saturated heterocycles. The van der Waals surface area contributed by atoms with Crippen LogP contribution in [0.1, 0.15) is 26.2 Å². The molecule has 0 spiro atoms. The second kappa shape index (κ2) is 4.64. The Bertz CT molecular complexity index is 367. The van der Waals surface area contributed by atoms with Crippen LogP contribution in [0.15, 0.2) is 24.3 Å². The van der Waals surface area contributed by atoms with Crippen molar-refractivity contribution in [3.63, 3.8) is 0 Å². The van der Waals surface area contributed by atoms with Crippen LogP contribution in [0.25, 0.3) is 0 Å². The maximum absolute atomic E-state index is 6.15. The molecular formula is C13H19ClN2. The van der Waals surface area contributed by atoms with E-state index < -0.39 is 0 Å². The maximum Gasteiger partial charge on any atom is 0.0637 e. The molecule has 0 aromatic heterocycles. The van der Waals surface area contributed by atoms with Gasteiger partial charge in [0.1, 0.15) is 0 Å². The van der Waals surface area contributed by atoms with Gasteiger partial charge in [-0.25, -0.2) is 0 Å². The number of nitrogens with two attached hydrogens (primary N) is 1. The highest BCUT2D eigenvalue weighted by Gasteiger charge is 2.36. The first kappa shape index (κ1) is 11.7. The first-order valence-electron chi connectivity index (χ1n) is 5.88. The molecule has 88 valence electrons. The van der Waals surface area contributed by atoms with E-state index >= 15 is 0 Å². The summed E-state index contributed by atoms with van der Waals surface area (Å²) in [4.78, 5) is 0. The van der Waals surface area contributed by atoms with Crippen molar-refractivity contribution in [1.29, 1.82) is 0 Å². The summed E-state index contributed by atoms with van der Waals surface area (Å²) in [5, 5.41) is 4.32. The minimum atomic E-state index is 0.0460. The number of nitrogens with one attached hydrogen (secondary N) is 1. The molecule has 2 atom stereocenters. The van der Waals surface area contributed by atoms with Crippen LogP contribution in [-0.2, 0) is 0 Å². The molecule has 3 heteroatoms. The lowest BCUT2D eigenvalue weighted by Crippen LogP contribution is -2.43. The van der Waals surface area contributed by atoms with Crippen LogP contribution in [0.3, 0.4) is 0 Å². The van der Waals surface area contributed by atoms with E-state index in [2.05, 4.69) is 12.2 Å². The third kappa shape index (κ3) is 2.33. The van der Waals surface area contributed by atoms with Crippen LogP contribution in [0.5, 0.6) is 0 Å². The van der Waals surface area contributed by atoms with Gasteiger partial charge < -0.3 is 11.1 Å². The fourth-order valence-electron chi connectivity index (χ4n) is 2.59. The van der Waals surface area contributed by atoms with Gasteiger partial charge >= 0.3 is 0 Å². The largest absolute Gasteiger partial charge is 0.377 e. The van der Waals surface area contributed by atoms with E-state index in [1.165, 1.54) is 6.42 Å². The van der Waals surface area contributed by atoms with Gasteiger partial charge in [-0.2, -0.15) is 0 Å². The lowest BCUT2D eigenvalue weighted by Gasteiger charge is -2.30. The van der Waals surface area contributed by atoms with Crippen molar-refractivity contribution in [1.82, 2.24) is 0 Å². The second-order valence-corrected chi connectivity index (χ2v) is 5.34. The van der Waals surface area contributed by atoms with Crippen LogP contribution < -0.4 is 11.1 Å². The van der Waals surface area contributed by atoms with Crippen LogP contribution >= 0.6 is 11.6 Å². The molecule has 0 aliphatic heterocycles. The van der Waals surface area contributed by atoms with Crippen LogP contribution in [0.4, 0.5) is 5.69 Å². The number of anilines is 1. The van der Waals surface area contributed by atoms with Gasteiger partial charge in [0.2, 0.25) is 0 Å². The minimum Gasteiger partial charge on any atom is -0.377 e. The molecule has 2 unspecified atom stereocenters. The molecule has 1 aliphatic rings. The smallest absolute Gasteiger partial charge is 0.0637 e. The lowest BCUT2D eigenvalue weighted by atomic mass is 9.96. The third-order valence-corrected chi connectivity index (χ3v) is 3.85. The normalized spacial score (nSPS) is 29.3. The zero-order valence-electron chi connectivity index (χ0n) is 9.67. The molecule has 3 N–H and O–H groups in total. The Balaban J connectivity index is 2.16. The van der Waals surface area contributed by atoms with E-state index in [9.17, 15) is 0 Å². The number of hydrogen-bond donors (Lipinski definition) is 2. The summed E-state index contributed by atoms with van der Waals surface area (Å²) < 4.78 is 0. The van der Waals surface area contributed by atoms with Crippen molar-refractivity contribution in [3.05, 3.63) is 29.3 Å². The molecule has 0 bridgehead atoms. The Morgan fingerprint density at radius 3 is 2.81 bits per heavy atom. The van der Waals surface area contributed by atoms with Crippen molar-refractivity contribution in [3.8, 4) is 0 Å². The molecule has 1 aromatic carbocycles. The fraction of sp³-hybridized carbons (Fsp3) is 0.538. The summed E-state index contributed by atoms with van der Waals surface area (Å²) in [5.74, 6) is 0.749. The molecular weight excluding hydrogens is 220 g/mol. The number of halogens is 1. The zero-order valence-corrected chi connectivity index (χ0v) is 10.4. The molecule has 1 aliphatic carbocycles. The number of benzene rings is 1. The highest BCUT2D eigenvalue weighted by molar-refractivity contribution is 6.33. The first-order valence-corrected chi connectivity index (χ1v) is 6.26. The summed E-state index contributed by atoms with van der Waals surface area (Å²) >= 11 is 6.15. The Hall–Kier alpha value is -0.730. The summed E-state index contributed by atoms with van der Waals surface area (Å²) in [6.45, 7) is 2.95. The Morgan fingerprint density at radius 1 is 1.50 bits per heavy atom. The van der Waals surface area contributed by atoms with Crippen molar-refractivity contribution in [2.24, 2.45) is 11.7 Å². The van der Waals surface area contributed by atoms with Gasteiger partial charge in [-0.05, 0) is 37.3 Å². The van der Waals surface area contributed by atoms with Gasteiger partial charge in [0, 0.05) is 12.1 Å². The summed E-state index contributed by atoms with van der Waals surface area (Å²) in [5.41, 5.74) is 6.97. The quantitative estimate of drug-likeness (QED) is 0.848. The van der Waals surface area contributed by atoms with Crippen molar-refractivity contribution in [2.75, 3.05) is 11.9 Å². The van der Waals surface area contributed by atoms with Gasteiger partial charge in [-0.3, -0.25) is 0 Å². The van der Waals surface area contributed by atoms with Gasteiger partial charge in [0.25, 0.3) is 0 Å². The van der Waals surface area contributed by atoms with E-state index in [-0.39, 0.29) is 5.54 Å². The predicted molar refractivity (Wildman–Crippen MR) is 69.9 cm³/mol. The molecule has 0 heterocycles. The van der Waals surface area contributed by atoms with E-state index in [0.29, 0.717) is 6.54 Å². The highest BCUT2D eigenvalue weighted by atomic mass is 35.5. The van der Waals surface area contributed by atoms with Crippen molar-refractivity contribution >= 4 is 17.3 Å². The van der Waals surface area contributed by atoms with Gasteiger partial charge in [-0.1, -0.05) is 30.7 Å². The summed E-state index contributed by atoms with van der Waals surface area (Å²) in [6, 6.07) is 7.87. The van der Waals surface area contributed by atoms with E-state index in [1.807, 2.05) is 24.3 Å². The van der Waals surface area contributed by atoms with E-state index in [1.54, 1.807) is 0 Å². The average molecular weight is 239 g/mol. The summed E-state index contributed by atoms with van der Waals surface area (Å²) in [6.07, 6.45) is 3.51. The van der Waals surface area contributed by atoms with Gasteiger partial charge in [0.05, 0.1) is 10.7 Å². The lowest BCUT2D eigenvalue weighted by molar-refractivity contribution is 0.470. The molecule has 0 amide bonds. The number of para-hydroxylation sites is 1. The minimum absolute atomic E-state index is 0.0460. The molecule has 0 radical (unpaired) electrons. The number of rotatable bonds is 3. The first-order chi connectivity index (χ1) is 7.65. The van der Waals surface area contributed by atoms with Crippen molar-refractivity contribution < 1.29 is 0 Å². The number of hydrogen-bond acceptors (Lipinski definition) is 2. The third-order valence-electron chi connectivity index (χ3n) is 3.52. The maximum atomic E-state index is 6.15. The van der Waals surface area contributed by atoms with Gasteiger partial charge in [0.15, 0.2) is 0 Å². The van der Waals surface area contributed by atoms with Crippen LogP contribution in [-0.4, -0.2) is 12.1 Å². The van der Waals surface area contributed by atoms with E-state index in [4.69, 9.17) is 17.3 Å². The van der Waals surface area contributed by atoms with E-state index in [0.717, 1.165) is 29.5 Å². The fourth-order valence-corrected chi connectivity index (χ4v) is 2.78. The highest BCUT2D eigenvalue weighted by Crippen LogP contribution is 2.37. The SMILES string of the molecule is CC1CCC(CN)(Nc2ccccc2Cl)C1. The molecule has 1 aromatic rings. The molecule has 16 heavy (non-hydrogen) atoms. The molecule has 2 rings (SSSR count). The predicted octanol–water partition coefficient (Wildman–Crippen LogP) is 3.27. The summed E-state index contributed by atoms with van der Waals surface area (Å²) in [7, 11) is 0. The molecule has 1 fully saturated rings. The average Bonchev–Trinajstić information content (AvgIpc) is 2.65. The van der Waals surface area contributed by atoms with Crippen LogP contribution in [0, 0.1) is 5.92 Å². The Labute approximate surface area is 102 Å². The Morgan fingerprint density at radius 2 is 2.25 bits per heavy atom. The monoisotopic (exact) mass is 238 g/mol. The molecule has 1 saturated carbocycles. The van der Waals surface area contributed by atoms with Crippen LogP contribution in [0.2, 0.25) is 5.02 Å². The van der Waals surface area contributed by atoms with Gasteiger partial charge in [-0.15, -0.1) is 0 Å².